The van der Waals surface area contributed by atoms with Gasteiger partial charge in [0.2, 0.25) is 0 Å². The van der Waals surface area contributed by atoms with Gasteiger partial charge in [-0.05, 0) is 18.6 Å². The van der Waals surface area contributed by atoms with E-state index in [1.165, 1.54) is 0 Å². The Bertz CT molecular complexity index is 449. The molecule has 0 aromatic heterocycles. The maximum Gasteiger partial charge on any atom is 0.180 e. The highest BCUT2D eigenvalue weighted by Gasteiger charge is 2.28. The zero-order chi connectivity index (χ0) is 12.3. The molecule has 1 N–H and O–H groups in total. The molecule has 94 valence electrons. The highest BCUT2D eigenvalue weighted by molar-refractivity contribution is 7.91. The number of aliphatic hydroxyl groups is 1. The highest BCUT2D eigenvalue weighted by atomic mass is 32.2. The van der Waals surface area contributed by atoms with Crippen LogP contribution in [0.25, 0.3) is 0 Å². The molecule has 0 aliphatic carbocycles. The van der Waals surface area contributed by atoms with E-state index in [1.807, 2.05) is 0 Å². The van der Waals surface area contributed by atoms with Crippen LogP contribution in [-0.4, -0.2) is 38.6 Å². The summed E-state index contributed by atoms with van der Waals surface area (Å²) in [5.41, 5.74) is 0. The topological polar surface area (TPSA) is 63.6 Å². The third-order valence-corrected chi connectivity index (χ3v) is 4.77. The molecule has 2 atom stereocenters. The fourth-order valence-electron chi connectivity index (χ4n) is 1.94. The van der Waals surface area contributed by atoms with Crippen LogP contribution in [0.1, 0.15) is 6.42 Å². The second-order valence-corrected chi connectivity index (χ2v) is 6.32. The predicted molar refractivity (Wildman–Crippen MR) is 63.4 cm³/mol. The van der Waals surface area contributed by atoms with Gasteiger partial charge in [-0.25, -0.2) is 8.42 Å². The third-order valence-electron chi connectivity index (χ3n) is 3.00. The van der Waals surface area contributed by atoms with Gasteiger partial charge < -0.3 is 9.84 Å². The molecule has 0 spiro atoms. The zero-order valence-electron chi connectivity index (χ0n) is 9.45. The summed E-state index contributed by atoms with van der Waals surface area (Å²) in [6.07, 6.45) is -0.117. The minimum atomic E-state index is -3.40. The van der Waals surface area contributed by atoms with Crippen molar-refractivity contribution >= 4 is 9.84 Å². The molecule has 0 radical (unpaired) electrons. The van der Waals surface area contributed by atoms with E-state index in [4.69, 9.17) is 4.74 Å². The lowest BCUT2D eigenvalue weighted by Crippen LogP contribution is -2.29. The minimum absolute atomic E-state index is 0.0616. The van der Waals surface area contributed by atoms with E-state index in [0.717, 1.165) is 6.42 Å². The van der Waals surface area contributed by atoms with Crippen molar-refractivity contribution in [2.24, 2.45) is 5.92 Å². The fraction of sp³-hybridized carbons (Fsp3) is 0.500. The summed E-state index contributed by atoms with van der Waals surface area (Å²) in [7, 11) is -3.40. The molecule has 1 aliphatic heterocycles. The van der Waals surface area contributed by atoms with Crippen molar-refractivity contribution in [3.63, 3.8) is 0 Å². The van der Waals surface area contributed by atoms with Gasteiger partial charge in [0, 0.05) is 12.5 Å². The van der Waals surface area contributed by atoms with Crippen LogP contribution in [0, 0.1) is 5.92 Å². The van der Waals surface area contributed by atoms with Gasteiger partial charge in [-0.15, -0.1) is 0 Å². The smallest absolute Gasteiger partial charge is 0.180 e. The first-order valence-corrected chi connectivity index (χ1v) is 7.28. The highest BCUT2D eigenvalue weighted by Crippen LogP contribution is 2.20. The van der Waals surface area contributed by atoms with Gasteiger partial charge in [0.25, 0.3) is 0 Å². The molecular formula is C12H16O4S. The number of ether oxygens (including phenoxy) is 1. The number of aliphatic hydroxyl groups excluding tert-OH is 1. The summed E-state index contributed by atoms with van der Waals surface area (Å²) < 4.78 is 29.1. The van der Waals surface area contributed by atoms with Gasteiger partial charge >= 0.3 is 0 Å². The van der Waals surface area contributed by atoms with E-state index in [1.54, 1.807) is 30.3 Å². The van der Waals surface area contributed by atoms with Crippen molar-refractivity contribution < 1.29 is 18.3 Å². The maximum atomic E-state index is 12.0. The Hall–Kier alpha value is -0.910. The van der Waals surface area contributed by atoms with E-state index in [0.29, 0.717) is 13.2 Å². The Morgan fingerprint density at radius 1 is 1.35 bits per heavy atom. The molecule has 2 rings (SSSR count). The Labute approximate surface area is 101 Å². The van der Waals surface area contributed by atoms with Crippen molar-refractivity contribution in [1.82, 2.24) is 0 Å². The average Bonchev–Trinajstić information content (AvgIpc) is 2.83. The Morgan fingerprint density at radius 2 is 2.06 bits per heavy atom. The lowest BCUT2D eigenvalue weighted by atomic mass is 10.0. The quantitative estimate of drug-likeness (QED) is 0.867. The predicted octanol–water partition coefficient (Wildman–Crippen LogP) is 0.858. The van der Waals surface area contributed by atoms with Crippen LogP contribution in [0.4, 0.5) is 0 Å². The van der Waals surface area contributed by atoms with Crippen LogP contribution in [0.2, 0.25) is 0 Å². The van der Waals surface area contributed by atoms with E-state index in [9.17, 15) is 13.5 Å². The summed E-state index contributed by atoms with van der Waals surface area (Å²) in [4.78, 5) is 0.262. The van der Waals surface area contributed by atoms with Gasteiger partial charge in [0.05, 0.1) is 23.4 Å². The summed E-state index contributed by atoms with van der Waals surface area (Å²) in [6.45, 7) is 1.05. The van der Waals surface area contributed by atoms with Crippen molar-refractivity contribution in [3.8, 4) is 0 Å². The molecule has 1 aromatic rings. The molecule has 0 saturated carbocycles. The Kier molecular flexibility index (Phi) is 3.81. The normalized spacial score (nSPS) is 22.5. The van der Waals surface area contributed by atoms with Crippen molar-refractivity contribution in [2.75, 3.05) is 19.0 Å². The number of hydrogen-bond donors (Lipinski definition) is 1. The third kappa shape index (κ3) is 3.06. The average molecular weight is 256 g/mol. The largest absolute Gasteiger partial charge is 0.392 e. The summed E-state index contributed by atoms with van der Waals surface area (Å²) in [5, 5.41) is 9.89. The van der Waals surface area contributed by atoms with Crippen LogP contribution in [-0.2, 0) is 14.6 Å². The molecule has 1 heterocycles. The minimum Gasteiger partial charge on any atom is -0.392 e. The van der Waals surface area contributed by atoms with Crippen LogP contribution in [0.15, 0.2) is 35.2 Å². The first-order chi connectivity index (χ1) is 8.09. The number of hydrogen-bond acceptors (Lipinski definition) is 4. The van der Waals surface area contributed by atoms with Crippen LogP contribution in [0.3, 0.4) is 0 Å². The summed E-state index contributed by atoms with van der Waals surface area (Å²) in [6, 6.07) is 8.22. The van der Waals surface area contributed by atoms with Gasteiger partial charge in [-0.3, -0.25) is 0 Å². The van der Waals surface area contributed by atoms with Gasteiger partial charge in [0.1, 0.15) is 0 Å². The molecule has 4 nitrogen and oxygen atoms in total. The van der Waals surface area contributed by atoms with Gasteiger partial charge in [-0.1, -0.05) is 18.2 Å². The molecule has 1 fully saturated rings. The Morgan fingerprint density at radius 3 is 2.65 bits per heavy atom. The lowest BCUT2D eigenvalue weighted by molar-refractivity contribution is 0.108. The van der Waals surface area contributed by atoms with Gasteiger partial charge in [0.15, 0.2) is 9.84 Å². The standard InChI is InChI=1S/C12H16O4S/c13-12(10-6-7-16-8-10)9-17(14,15)11-4-2-1-3-5-11/h1-5,10,12-13H,6-9H2. The van der Waals surface area contributed by atoms with Crippen molar-refractivity contribution in [2.45, 2.75) is 17.4 Å². The molecule has 17 heavy (non-hydrogen) atoms. The fourth-order valence-corrected chi connectivity index (χ4v) is 3.43. The summed E-state index contributed by atoms with van der Waals surface area (Å²) in [5.74, 6) is -0.293. The Balaban J connectivity index is 2.07. The monoisotopic (exact) mass is 256 g/mol. The number of rotatable bonds is 4. The second-order valence-electron chi connectivity index (χ2n) is 4.29. The zero-order valence-corrected chi connectivity index (χ0v) is 10.3. The van der Waals surface area contributed by atoms with Crippen molar-refractivity contribution in [1.29, 1.82) is 0 Å². The number of sulfone groups is 1. The van der Waals surface area contributed by atoms with Gasteiger partial charge in [-0.2, -0.15) is 0 Å². The van der Waals surface area contributed by atoms with Crippen LogP contribution >= 0.6 is 0 Å². The molecule has 1 saturated heterocycles. The van der Waals surface area contributed by atoms with E-state index in [-0.39, 0.29) is 16.6 Å². The lowest BCUT2D eigenvalue weighted by Gasteiger charge is -2.16. The van der Waals surface area contributed by atoms with Crippen molar-refractivity contribution in [3.05, 3.63) is 30.3 Å². The molecule has 1 aliphatic rings. The van der Waals surface area contributed by atoms with E-state index in [2.05, 4.69) is 0 Å². The van der Waals surface area contributed by atoms with E-state index >= 15 is 0 Å². The maximum absolute atomic E-state index is 12.0. The molecular weight excluding hydrogens is 240 g/mol. The summed E-state index contributed by atoms with van der Waals surface area (Å²) >= 11 is 0. The first kappa shape index (κ1) is 12.5. The number of benzene rings is 1. The molecule has 2 unspecified atom stereocenters. The molecule has 0 bridgehead atoms. The SMILES string of the molecule is O=S(=O)(CC(O)C1CCOC1)c1ccccc1. The first-order valence-electron chi connectivity index (χ1n) is 5.63. The molecule has 5 heteroatoms. The van der Waals surface area contributed by atoms with Crippen LogP contribution < -0.4 is 0 Å². The van der Waals surface area contributed by atoms with Crippen LogP contribution in [0.5, 0.6) is 0 Å². The molecule has 0 amide bonds. The molecule has 1 aromatic carbocycles. The second kappa shape index (κ2) is 5.16. The van der Waals surface area contributed by atoms with E-state index < -0.39 is 15.9 Å².